The number of likely N-dealkylation sites (tertiary alicyclic amines) is 1. The number of β-amino-alcohol motifs (C(OH)–C–C–N with tert-alkyl or cyclic N) is 1. The van der Waals surface area contributed by atoms with Crippen LogP contribution in [-0.4, -0.2) is 78.2 Å². The molecule has 0 unspecified atom stereocenters. The highest BCUT2D eigenvalue weighted by Gasteiger charge is 2.47. The van der Waals surface area contributed by atoms with Gasteiger partial charge in [0.1, 0.15) is 12.9 Å². The average Bonchev–Trinajstić information content (AvgIpc) is 3.53. The Balaban J connectivity index is 1.19. The fraction of sp³-hybridized carbons (Fsp3) is 0.429. The number of carbonyl (C=O) groups excluding carboxylic acids is 2. The standard InChI is InChI=1S/C21H23N7O4/c1-14-16(12-32-19(14)30)27-9-6-21(20(27)31)4-7-26(8-5-21)11-17(29)15-2-3-18(22-10-15)28-13-23-24-25-28/h2-3,6,9-10,13,17,29H,4-5,7-8,11-12H2,1H3/t17-/m0/s1. The summed E-state index contributed by atoms with van der Waals surface area (Å²) in [5.74, 6) is 0.195. The molecule has 0 aromatic carbocycles. The second-order valence-electron chi connectivity index (χ2n) is 8.32. The number of carbonyl (C=O) groups is 2. The number of rotatable bonds is 5. The number of amides is 1. The molecule has 0 bridgehead atoms. The molecular formula is C21H23N7O4. The van der Waals surface area contributed by atoms with Gasteiger partial charge in [0.25, 0.3) is 0 Å². The molecule has 5 rings (SSSR count). The molecular weight excluding hydrogens is 414 g/mol. The lowest BCUT2D eigenvalue weighted by atomic mass is 9.78. The first-order valence-corrected chi connectivity index (χ1v) is 10.5. The summed E-state index contributed by atoms with van der Waals surface area (Å²) in [6, 6.07) is 3.56. The highest BCUT2D eigenvalue weighted by atomic mass is 16.5. The molecule has 11 heteroatoms. The number of aromatic nitrogens is 5. The predicted molar refractivity (Wildman–Crippen MR) is 110 cm³/mol. The largest absolute Gasteiger partial charge is 0.456 e. The van der Waals surface area contributed by atoms with E-state index >= 15 is 0 Å². The summed E-state index contributed by atoms with van der Waals surface area (Å²) in [4.78, 5) is 32.9. The Morgan fingerprint density at radius 3 is 2.69 bits per heavy atom. The zero-order valence-electron chi connectivity index (χ0n) is 17.6. The van der Waals surface area contributed by atoms with Gasteiger partial charge in [-0.1, -0.05) is 12.1 Å². The molecule has 2 aromatic heterocycles. The van der Waals surface area contributed by atoms with Crippen LogP contribution in [0.25, 0.3) is 5.82 Å². The molecule has 1 spiro atoms. The third kappa shape index (κ3) is 3.49. The Kier molecular flexibility index (Phi) is 5.06. The molecule has 166 valence electrons. The molecule has 1 saturated heterocycles. The maximum Gasteiger partial charge on any atom is 0.336 e. The van der Waals surface area contributed by atoms with Crippen molar-refractivity contribution < 1.29 is 19.4 Å². The van der Waals surface area contributed by atoms with Crippen molar-refractivity contribution in [3.8, 4) is 5.82 Å². The number of cyclic esters (lactones) is 1. The summed E-state index contributed by atoms with van der Waals surface area (Å²) in [6.07, 6.45) is 7.42. The molecule has 0 radical (unpaired) electrons. The van der Waals surface area contributed by atoms with Crippen LogP contribution in [0, 0.1) is 5.41 Å². The van der Waals surface area contributed by atoms with Crippen LogP contribution >= 0.6 is 0 Å². The van der Waals surface area contributed by atoms with E-state index in [4.69, 9.17) is 4.74 Å². The molecule has 5 heterocycles. The van der Waals surface area contributed by atoms with E-state index in [1.165, 1.54) is 11.0 Å². The average molecular weight is 437 g/mol. The Morgan fingerprint density at radius 2 is 2.06 bits per heavy atom. The highest BCUT2D eigenvalue weighted by Crippen LogP contribution is 2.41. The first-order chi connectivity index (χ1) is 15.5. The third-order valence-corrected chi connectivity index (χ3v) is 6.48. The smallest absolute Gasteiger partial charge is 0.336 e. The summed E-state index contributed by atoms with van der Waals surface area (Å²) in [7, 11) is 0. The molecule has 0 aliphatic carbocycles. The number of aliphatic hydroxyl groups is 1. The van der Waals surface area contributed by atoms with Gasteiger partial charge in [0.05, 0.1) is 22.8 Å². The summed E-state index contributed by atoms with van der Waals surface area (Å²) in [5, 5.41) is 21.6. The summed E-state index contributed by atoms with van der Waals surface area (Å²) in [6.45, 7) is 3.64. The highest BCUT2D eigenvalue weighted by molar-refractivity contribution is 5.95. The molecule has 11 nitrogen and oxygen atoms in total. The molecule has 1 N–H and O–H groups in total. The van der Waals surface area contributed by atoms with Gasteiger partial charge in [0, 0.05) is 24.5 Å². The molecule has 32 heavy (non-hydrogen) atoms. The molecule has 2 aromatic rings. The number of tetrazole rings is 1. The molecule has 3 aliphatic rings. The van der Waals surface area contributed by atoms with Gasteiger partial charge in [0.15, 0.2) is 5.82 Å². The third-order valence-electron chi connectivity index (χ3n) is 6.48. The Hall–Kier alpha value is -3.44. The van der Waals surface area contributed by atoms with Crippen molar-refractivity contribution in [2.24, 2.45) is 5.41 Å². The van der Waals surface area contributed by atoms with Crippen molar-refractivity contribution in [2.45, 2.75) is 25.9 Å². The van der Waals surface area contributed by atoms with Gasteiger partial charge in [-0.2, -0.15) is 4.68 Å². The number of piperidine rings is 1. The van der Waals surface area contributed by atoms with Crippen molar-refractivity contribution in [3.05, 3.63) is 53.8 Å². The predicted octanol–water partition coefficient (Wildman–Crippen LogP) is 0.360. The van der Waals surface area contributed by atoms with Gasteiger partial charge in [-0.3, -0.25) is 9.69 Å². The van der Waals surface area contributed by atoms with Crippen LogP contribution in [-0.2, 0) is 14.3 Å². The zero-order chi connectivity index (χ0) is 22.3. The Bertz CT molecular complexity index is 1090. The van der Waals surface area contributed by atoms with Crippen LogP contribution in [0.1, 0.15) is 31.4 Å². The molecule has 0 saturated carbocycles. The second kappa shape index (κ2) is 7.92. The van der Waals surface area contributed by atoms with Gasteiger partial charge in [-0.05, 0) is 49.3 Å². The van der Waals surface area contributed by atoms with Crippen LogP contribution in [0.3, 0.4) is 0 Å². The maximum atomic E-state index is 13.2. The summed E-state index contributed by atoms with van der Waals surface area (Å²) >= 11 is 0. The molecule has 1 amide bonds. The van der Waals surface area contributed by atoms with E-state index < -0.39 is 11.5 Å². The van der Waals surface area contributed by atoms with Gasteiger partial charge in [-0.15, -0.1) is 5.10 Å². The van der Waals surface area contributed by atoms with Gasteiger partial charge < -0.3 is 14.7 Å². The lowest BCUT2D eigenvalue weighted by Gasteiger charge is -2.38. The minimum absolute atomic E-state index is 0.00672. The summed E-state index contributed by atoms with van der Waals surface area (Å²) in [5.41, 5.74) is 1.26. The van der Waals surface area contributed by atoms with Gasteiger partial charge in [-0.25, -0.2) is 9.78 Å². The normalized spacial score (nSPS) is 21.6. The van der Waals surface area contributed by atoms with Gasteiger partial charge >= 0.3 is 5.97 Å². The zero-order valence-corrected chi connectivity index (χ0v) is 17.6. The van der Waals surface area contributed by atoms with Crippen LogP contribution in [0.5, 0.6) is 0 Å². The number of hydrogen-bond acceptors (Lipinski definition) is 9. The van der Waals surface area contributed by atoms with Crippen LogP contribution < -0.4 is 0 Å². The van der Waals surface area contributed by atoms with E-state index in [1.807, 2.05) is 12.1 Å². The number of ether oxygens (including phenoxy) is 1. The lowest BCUT2D eigenvalue weighted by Crippen LogP contribution is -2.46. The van der Waals surface area contributed by atoms with E-state index in [2.05, 4.69) is 25.4 Å². The van der Waals surface area contributed by atoms with E-state index in [9.17, 15) is 14.7 Å². The van der Waals surface area contributed by atoms with Crippen molar-refractivity contribution in [2.75, 3.05) is 26.2 Å². The van der Waals surface area contributed by atoms with E-state index in [0.717, 1.165) is 0 Å². The molecule has 3 aliphatic heterocycles. The fourth-order valence-electron chi connectivity index (χ4n) is 4.39. The Morgan fingerprint density at radius 1 is 1.25 bits per heavy atom. The number of aliphatic hydroxyl groups excluding tert-OH is 1. The lowest BCUT2D eigenvalue weighted by molar-refractivity contribution is -0.138. The van der Waals surface area contributed by atoms with Crippen LogP contribution in [0.2, 0.25) is 0 Å². The van der Waals surface area contributed by atoms with Crippen LogP contribution in [0.15, 0.2) is 48.2 Å². The first kappa shape index (κ1) is 20.5. The topological polar surface area (TPSA) is 127 Å². The number of pyridine rings is 1. The summed E-state index contributed by atoms with van der Waals surface area (Å²) < 4.78 is 6.50. The quantitative estimate of drug-likeness (QED) is 0.660. The van der Waals surface area contributed by atoms with Crippen molar-refractivity contribution in [1.29, 1.82) is 0 Å². The van der Waals surface area contributed by atoms with E-state index in [-0.39, 0.29) is 18.5 Å². The minimum atomic E-state index is -0.694. The van der Waals surface area contributed by atoms with E-state index in [1.54, 1.807) is 30.3 Å². The second-order valence-corrected chi connectivity index (χ2v) is 8.32. The maximum absolute atomic E-state index is 13.2. The van der Waals surface area contributed by atoms with Crippen molar-refractivity contribution in [3.63, 3.8) is 0 Å². The monoisotopic (exact) mass is 437 g/mol. The minimum Gasteiger partial charge on any atom is -0.456 e. The molecule has 1 fully saturated rings. The van der Waals surface area contributed by atoms with E-state index in [0.29, 0.717) is 55.1 Å². The van der Waals surface area contributed by atoms with Crippen LogP contribution in [0.4, 0.5) is 0 Å². The first-order valence-electron chi connectivity index (χ1n) is 10.5. The molecule has 1 atom stereocenters. The van der Waals surface area contributed by atoms with Gasteiger partial charge in [0.2, 0.25) is 5.91 Å². The number of hydrogen-bond donors (Lipinski definition) is 1. The fourth-order valence-corrected chi connectivity index (χ4v) is 4.39. The van der Waals surface area contributed by atoms with Crippen molar-refractivity contribution in [1.82, 2.24) is 35.0 Å². The number of nitrogens with zero attached hydrogens (tertiary/aromatic N) is 7. The van der Waals surface area contributed by atoms with Crippen molar-refractivity contribution >= 4 is 11.9 Å². The Labute approximate surface area is 184 Å². The SMILES string of the molecule is CC1=C(N2C=CC3(CCN(C[C@H](O)c4ccc(-n5cnnn5)nc4)CC3)C2=O)COC1=O. The number of esters is 1.